The standard InChI is InChI=1S/C28H31N5O/c1-18-26-24(15-25(21-13-14-21)30-27(26)33(4)31-18)28(34)29-16-22-7-5-6-8-23(22)20-11-9-19(10-12-20)17-32(2)3/h5-12,15,21H,13-14,16-17H2,1-4H3,(H,29,34). The molecule has 0 unspecified atom stereocenters. The van der Waals surface area contributed by atoms with E-state index in [9.17, 15) is 4.79 Å². The number of aryl methyl sites for hydroxylation is 2. The normalized spacial score (nSPS) is 13.6. The Hall–Kier alpha value is -3.51. The van der Waals surface area contributed by atoms with Gasteiger partial charge in [0.05, 0.1) is 16.6 Å². The zero-order valence-corrected chi connectivity index (χ0v) is 20.3. The lowest BCUT2D eigenvalue weighted by Gasteiger charge is -2.14. The number of nitrogens with one attached hydrogen (secondary N) is 1. The molecule has 2 aromatic carbocycles. The van der Waals surface area contributed by atoms with Crippen LogP contribution in [0.15, 0.2) is 54.6 Å². The predicted octanol–water partition coefficient (Wildman–Crippen LogP) is 4.81. The number of carbonyl (C=O) groups is 1. The zero-order chi connectivity index (χ0) is 23.8. The maximum absolute atomic E-state index is 13.4. The Kier molecular flexibility index (Phi) is 5.92. The van der Waals surface area contributed by atoms with Crippen LogP contribution < -0.4 is 5.32 Å². The summed E-state index contributed by atoms with van der Waals surface area (Å²) in [6.07, 6.45) is 2.27. The number of nitrogens with zero attached hydrogens (tertiary/aromatic N) is 4. The second-order valence-electron chi connectivity index (χ2n) is 9.55. The van der Waals surface area contributed by atoms with Crippen molar-refractivity contribution in [3.63, 3.8) is 0 Å². The second kappa shape index (κ2) is 9.03. The summed E-state index contributed by atoms with van der Waals surface area (Å²) in [4.78, 5) is 20.4. The molecule has 5 rings (SSSR count). The van der Waals surface area contributed by atoms with Gasteiger partial charge in [-0.1, -0.05) is 48.5 Å². The number of aromatic nitrogens is 3. The Bertz CT molecular complexity index is 1350. The van der Waals surface area contributed by atoms with Crippen LogP contribution in [0.3, 0.4) is 0 Å². The van der Waals surface area contributed by atoms with E-state index in [0.29, 0.717) is 18.0 Å². The molecule has 1 saturated carbocycles. The van der Waals surface area contributed by atoms with E-state index in [0.717, 1.165) is 58.5 Å². The summed E-state index contributed by atoms with van der Waals surface area (Å²) >= 11 is 0. The van der Waals surface area contributed by atoms with Crippen LogP contribution in [0.2, 0.25) is 0 Å². The molecule has 0 saturated heterocycles. The average molecular weight is 454 g/mol. The lowest BCUT2D eigenvalue weighted by molar-refractivity contribution is 0.0952. The molecule has 2 heterocycles. The fraction of sp³-hybridized carbons (Fsp3) is 0.321. The van der Waals surface area contributed by atoms with Gasteiger partial charge in [0.25, 0.3) is 5.91 Å². The topological polar surface area (TPSA) is 63.1 Å². The number of rotatable bonds is 7. The molecule has 1 aliphatic carbocycles. The molecule has 0 spiro atoms. The quantitative estimate of drug-likeness (QED) is 0.436. The van der Waals surface area contributed by atoms with E-state index in [2.05, 4.69) is 65.8 Å². The number of hydrogen-bond donors (Lipinski definition) is 1. The molecule has 1 amide bonds. The summed E-state index contributed by atoms with van der Waals surface area (Å²) in [5.41, 5.74) is 7.93. The van der Waals surface area contributed by atoms with E-state index >= 15 is 0 Å². The molecule has 6 nitrogen and oxygen atoms in total. The highest BCUT2D eigenvalue weighted by atomic mass is 16.1. The molecule has 6 heteroatoms. The van der Waals surface area contributed by atoms with Gasteiger partial charge in [-0.25, -0.2) is 4.98 Å². The molecule has 1 N–H and O–H groups in total. The Labute approximate surface area is 200 Å². The van der Waals surface area contributed by atoms with Gasteiger partial charge in [0.15, 0.2) is 5.65 Å². The number of hydrogen-bond acceptors (Lipinski definition) is 4. The van der Waals surface area contributed by atoms with Crippen molar-refractivity contribution in [2.24, 2.45) is 7.05 Å². The van der Waals surface area contributed by atoms with Crippen LogP contribution in [0.25, 0.3) is 22.2 Å². The summed E-state index contributed by atoms with van der Waals surface area (Å²) in [5.74, 6) is 0.379. The van der Waals surface area contributed by atoms with E-state index < -0.39 is 0 Å². The highest BCUT2D eigenvalue weighted by Crippen LogP contribution is 2.40. The van der Waals surface area contributed by atoms with Gasteiger partial charge in [0.2, 0.25) is 0 Å². The van der Waals surface area contributed by atoms with E-state index in [1.807, 2.05) is 32.2 Å². The summed E-state index contributed by atoms with van der Waals surface area (Å²) in [6.45, 7) is 3.30. The molecular weight excluding hydrogens is 422 g/mol. The molecule has 174 valence electrons. The van der Waals surface area contributed by atoms with E-state index in [-0.39, 0.29) is 5.91 Å². The highest BCUT2D eigenvalue weighted by molar-refractivity contribution is 6.06. The van der Waals surface area contributed by atoms with Crippen LogP contribution in [-0.4, -0.2) is 39.7 Å². The van der Waals surface area contributed by atoms with Crippen LogP contribution >= 0.6 is 0 Å². The SMILES string of the molecule is Cc1nn(C)c2nc(C3CC3)cc(C(=O)NCc3ccccc3-c3ccc(CN(C)C)cc3)c12. The first kappa shape index (κ1) is 22.3. The van der Waals surface area contributed by atoms with Gasteiger partial charge < -0.3 is 10.2 Å². The van der Waals surface area contributed by atoms with Gasteiger partial charge >= 0.3 is 0 Å². The van der Waals surface area contributed by atoms with Crippen LogP contribution in [0, 0.1) is 6.92 Å². The van der Waals surface area contributed by atoms with Gasteiger partial charge in [0.1, 0.15) is 0 Å². The first-order valence-electron chi connectivity index (χ1n) is 11.8. The van der Waals surface area contributed by atoms with Gasteiger partial charge in [-0.15, -0.1) is 0 Å². The minimum atomic E-state index is -0.0819. The van der Waals surface area contributed by atoms with Crippen molar-refractivity contribution < 1.29 is 4.79 Å². The van der Waals surface area contributed by atoms with Crippen LogP contribution in [0.5, 0.6) is 0 Å². The first-order chi connectivity index (χ1) is 16.4. The van der Waals surface area contributed by atoms with Crippen molar-refractivity contribution in [2.45, 2.75) is 38.8 Å². The lowest BCUT2D eigenvalue weighted by atomic mass is 9.98. The third-order valence-electron chi connectivity index (χ3n) is 6.45. The predicted molar refractivity (Wildman–Crippen MR) is 136 cm³/mol. The maximum atomic E-state index is 13.4. The van der Waals surface area contributed by atoms with Crippen molar-refractivity contribution in [2.75, 3.05) is 14.1 Å². The summed E-state index contributed by atoms with van der Waals surface area (Å²) in [5, 5.41) is 8.53. The summed E-state index contributed by atoms with van der Waals surface area (Å²) in [6, 6.07) is 18.9. The Balaban J connectivity index is 1.40. The molecule has 1 fully saturated rings. The summed E-state index contributed by atoms with van der Waals surface area (Å²) in [7, 11) is 6.03. The molecule has 34 heavy (non-hydrogen) atoms. The van der Waals surface area contributed by atoms with Gasteiger partial charge in [-0.05, 0) is 62.2 Å². The van der Waals surface area contributed by atoms with Crippen molar-refractivity contribution >= 4 is 16.9 Å². The minimum absolute atomic E-state index is 0.0819. The monoisotopic (exact) mass is 453 g/mol. The van der Waals surface area contributed by atoms with Crippen LogP contribution in [-0.2, 0) is 20.1 Å². The average Bonchev–Trinajstić information content (AvgIpc) is 3.63. The Morgan fingerprint density at radius 1 is 1.12 bits per heavy atom. The largest absolute Gasteiger partial charge is 0.348 e. The van der Waals surface area contributed by atoms with E-state index in [4.69, 9.17) is 4.98 Å². The number of carbonyl (C=O) groups excluding carboxylic acids is 1. The van der Waals surface area contributed by atoms with Crippen LogP contribution in [0.1, 0.15) is 51.6 Å². The first-order valence-corrected chi connectivity index (χ1v) is 11.8. The van der Waals surface area contributed by atoms with Gasteiger partial charge in [0, 0.05) is 31.7 Å². The molecule has 0 atom stereocenters. The Morgan fingerprint density at radius 2 is 1.85 bits per heavy atom. The maximum Gasteiger partial charge on any atom is 0.252 e. The zero-order valence-electron chi connectivity index (χ0n) is 20.3. The second-order valence-corrected chi connectivity index (χ2v) is 9.55. The fourth-order valence-electron chi connectivity index (χ4n) is 4.61. The molecule has 0 bridgehead atoms. The third kappa shape index (κ3) is 4.46. The highest BCUT2D eigenvalue weighted by Gasteiger charge is 2.28. The van der Waals surface area contributed by atoms with Crippen LogP contribution in [0.4, 0.5) is 0 Å². The van der Waals surface area contributed by atoms with E-state index in [1.54, 1.807) is 4.68 Å². The smallest absolute Gasteiger partial charge is 0.252 e. The number of benzene rings is 2. The molecular formula is C28H31N5O. The van der Waals surface area contributed by atoms with Crippen molar-refractivity contribution in [3.05, 3.63) is 82.7 Å². The molecule has 4 aromatic rings. The summed E-state index contributed by atoms with van der Waals surface area (Å²) < 4.78 is 1.78. The Morgan fingerprint density at radius 3 is 2.56 bits per heavy atom. The van der Waals surface area contributed by atoms with Crippen molar-refractivity contribution in [1.29, 1.82) is 0 Å². The van der Waals surface area contributed by atoms with Gasteiger partial charge in [-0.3, -0.25) is 9.48 Å². The number of amides is 1. The van der Waals surface area contributed by atoms with Gasteiger partial charge in [-0.2, -0.15) is 5.10 Å². The fourth-order valence-corrected chi connectivity index (χ4v) is 4.61. The van der Waals surface area contributed by atoms with Crippen molar-refractivity contribution in [1.82, 2.24) is 25.0 Å². The molecule has 0 aliphatic heterocycles. The molecule has 0 radical (unpaired) electrons. The van der Waals surface area contributed by atoms with E-state index in [1.165, 1.54) is 5.56 Å². The molecule has 1 aliphatic rings. The third-order valence-corrected chi connectivity index (χ3v) is 6.45. The minimum Gasteiger partial charge on any atom is -0.348 e. The molecule has 2 aromatic heterocycles. The van der Waals surface area contributed by atoms with Crippen molar-refractivity contribution in [3.8, 4) is 11.1 Å². The number of pyridine rings is 1. The lowest BCUT2D eigenvalue weighted by Crippen LogP contribution is -2.24. The number of fused-ring (bicyclic) bond motifs is 1.